The second-order valence-corrected chi connectivity index (χ2v) is 14.7. The van der Waals surface area contributed by atoms with E-state index in [1.807, 2.05) is 0 Å². The number of hydrogen-bond acceptors (Lipinski definition) is 23. The van der Waals surface area contributed by atoms with Crippen LogP contribution in [0.5, 0.6) is 17.2 Å². The molecule has 10 atom stereocenters. The second kappa shape index (κ2) is 21.7. The Hall–Kier alpha value is -7.11. The van der Waals surface area contributed by atoms with Crippen molar-refractivity contribution in [3.63, 3.8) is 0 Å². The number of rotatable bonds is 15. The molecule has 2 aliphatic rings. The van der Waals surface area contributed by atoms with Gasteiger partial charge >= 0.3 is 47.8 Å². The Labute approximate surface area is 374 Å². The molecule has 1 N–H and O–H groups in total. The van der Waals surface area contributed by atoms with Crippen LogP contribution in [0.15, 0.2) is 51.7 Å². The van der Waals surface area contributed by atoms with Crippen molar-refractivity contribution in [2.45, 2.75) is 117 Å². The van der Waals surface area contributed by atoms with E-state index in [0.717, 1.165) is 60.6 Å². The van der Waals surface area contributed by atoms with Gasteiger partial charge in [-0.15, -0.1) is 0 Å². The van der Waals surface area contributed by atoms with Gasteiger partial charge in [0.1, 0.15) is 52.8 Å². The highest BCUT2D eigenvalue weighted by molar-refractivity contribution is 5.86. The average molecular weight is 931 g/mol. The molecule has 5 rings (SSSR count). The highest BCUT2D eigenvalue weighted by Crippen LogP contribution is 2.37. The van der Waals surface area contributed by atoms with Crippen LogP contribution in [-0.2, 0) is 85.7 Å². The van der Waals surface area contributed by atoms with Crippen molar-refractivity contribution in [2.75, 3.05) is 13.2 Å². The van der Waals surface area contributed by atoms with Gasteiger partial charge in [-0.05, 0) is 24.3 Å². The summed E-state index contributed by atoms with van der Waals surface area (Å²) in [7, 11) is 0. The maximum atomic E-state index is 13.3. The zero-order valence-corrected chi connectivity index (χ0v) is 36.7. The largest absolute Gasteiger partial charge is 0.507 e. The van der Waals surface area contributed by atoms with Crippen LogP contribution in [0.3, 0.4) is 0 Å². The van der Waals surface area contributed by atoms with Crippen LogP contribution in [0.1, 0.15) is 55.4 Å². The molecular weight excluding hydrogens is 884 g/mol. The van der Waals surface area contributed by atoms with Crippen molar-refractivity contribution in [3.8, 4) is 28.6 Å². The first-order chi connectivity index (χ1) is 31.1. The van der Waals surface area contributed by atoms with E-state index in [0.29, 0.717) is 5.56 Å². The zero-order valence-electron chi connectivity index (χ0n) is 36.7. The van der Waals surface area contributed by atoms with Gasteiger partial charge in [0.05, 0.1) is 6.61 Å². The van der Waals surface area contributed by atoms with E-state index in [-0.39, 0.29) is 28.2 Å². The minimum Gasteiger partial charge on any atom is -0.507 e. The lowest BCUT2D eigenvalue weighted by atomic mass is 9.97. The Morgan fingerprint density at radius 2 is 1.00 bits per heavy atom. The van der Waals surface area contributed by atoms with E-state index in [2.05, 4.69) is 0 Å². The molecule has 0 bridgehead atoms. The summed E-state index contributed by atoms with van der Waals surface area (Å²) in [6, 6.07) is 9.30. The minimum absolute atomic E-state index is 0.0312. The number of hydrogen-bond donors (Lipinski definition) is 1. The van der Waals surface area contributed by atoms with Gasteiger partial charge in [-0.2, -0.15) is 0 Å². The van der Waals surface area contributed by atoms with Crippen molar-refractivity contribution < 1.29 is 105 Å². The van der Waals surface area contributed by atoms with Gasteiger partial charge in [-0.3, -0.25) is 43.2 Å². The molecule has 23 nitrogen and oxygen atoms in total. The first-order valence-electron chi connectivity index (χ1n) is 20.0. The Kier molecular flexibility index (Phi) is 16.4. The highest BCUT2D eigenvalue weighted by atomic mass is 16.8. The van der Waals surface area contributed by atoms with E-state index < -0.39 is 134 Å². The number of phenolic OH excluding ortho intramolecular Hbond substituents is 1. The van der Waals surface area contributed by atoms with E-state index in [9.17, 15) is 48.3 Å². The van der Waals surface area contributed by atoms with Crippen LogP contribution in [0.2, 0.25) is 0 Å². The monoisotopic (exact) mass is 930 g/mol. The summed E-state index contributed by atoms with van der Waals surface area (Å²) in [6.07, 6.45) is -16.6. The number of benzene rings is 2. The quantitative estimate of drug-likeness (QED) is 0.130. The van der Waals surface area contributed by atoms with Gasteiger partial charge in [-0.25, -0.2) is 0 Å². The van der Waals surface area contributed by atoms with Crippen LogP contribution in [0.25, 0.3) is 22.3 Å². The molecule has 66 heavy (non-hydrogen) atoms. The smallest absolute Gasteiger partial charge is 0.308 e. The zero-order chi connectivity index (χ0) is 48.6. The number of carbonyl (C=O) groups is 8. The molecular formula is C43H46O23. The Morgan fingerprint density at radius 3 is 1.50 bits per heavy atom. The summed E-state index contributed by atoms with van der Waals surface area (Å²) in [4.78, 5) is 111. The van der Waals surface area contributed by atoms with Crippen molar-refractivity contribution in [1.82, 2.24) is 0 Å². The molecule has 2 fully saturated rings. The number of phenols is 1. The normalized spacial score (nSPS) is 24.7. The predicted molar refractivity (Wildman–Crippen MR) is 215 cm³/mol. The molecule has 2 saturated heterocycles. The predicted octanol–water partition coefficient (Wildman–Crippen LogP) is 2.09. The number of fused-ring (bicyclic) bond motifs is 1. The summed E-state index contributed by atoms with van der Waals surface area (Å²) >= 11 is 0. The van der Waals surface area contributed by atoms with Gasteiger partial charge in [-0.1, -0.05) is 0 Å². The fourth-order valence-electron chi connectivity index (χ4n) is 7.04. The third-order valence-corrected chi connectivity index (χ3v) is 9.31. The molecule has 0 aliphatic carbocycles. The third kappa shape index (κ3) is 13.0. The summed E-state index contributed by atoms with van der Waals surface area (Å²) in [5.74, 6) is -7.53. The molecule has 0 unspecified atom stereocenters. The number of esters is 8. The Bertz CT molecular complexity index is 2390. The number of ether oxygens (including phenoxy) is 12. The second-order valence-electron chi connectivity index (χ2n) is 14.7. The Balaban J connectivity index is 1.55. The van der Waals surface area contributed by atoms with E-state index in [1.165, 1.54) is 37.3 Å². The van der Waals surface area contributed by atoms with Crippen molar-refractivity contribution >= 4 is 58.7 Å². The molecule has 0 radical (unpaired) electrons. The van der Waals surface area contributed by atoms with Crippen LogP contribution in [0, 0.1) is 0 Å². The fourth-order valence-corrected chi connectivity index (χ4v) is 7.04. The van der Waals surface area contributed by atoms with Gasteiger partial charge in [0, 0.05) is 79.2 Å². The average Bonchev–Trinajstić information content (AvgIpc) is 3.19. The highest BCUT2D eigenvalue weighted by Gasteiger charge is 2.56. The van der Waals surface area contributed by atoms with Crippen molar-refractivity contribution in [2.24, 2.45) is 0 Å². The van der Waals surface area contributed by atoms with Gasteiger partial charge in [0.25, 0.3) is 0 Å². The topological polar surface area (TPSA) is 298 Å². The van der Waals surface area contributed by atoms with Crippen molar-refractivity contribution in [3.05, 3.63) is 52.7 Å². The summed E-state index contributed by atoms with van der Waals surface area (Å²) in [6.45, 7) is 7.06. The molecule has 0 saturated carbocycles. The standard InChI is InChI=1S/C43H46O23/c1-18(44)54-16-33-36(57-20(3)46)38(59-22(5)48)40(61-24(7)50)42(65-33)55-17-34-37(58-21(4)47)39(60-23(6)49)41(62-25(8)51)43(66-34)63-28-13-29(52)35-30(53)15-31(64-32(35)14-28)26-9-11-27(12-10-26)56-19(2)45/h9-15,33-34,36-43,52H,16-17H2,1-8H3/t33-,34-,36-,37-,38+,39+,40-,41-,42-,43-/m1/s1. The molecule has 0 amide bonds. The fraction of sp³-hybridized carbons (Fsp3) is 0.465. The van der Waals surface area contributed by atoms with Crippen LogP contribution in [0.4, 0.5) is 0 Å². The van der Waals surface area contributed by atoms with E-state index >= 15 is 0 Å². The van der Waals surface area contributed by atoms with Crippen LogP contribution in [-0.4, -0.2) is 127 Å². The minimum atomic E-state index is -1.82. The van der Waals surface area contributed by atoms with Gasteiger partial charge < -0.3 is 66.4 Å². The maximum Gasteiger partial charge on any atom is 0.308 e. The molecule has 356 valence electrons. The molecule has 0 spiro atoms. The lowest BCUT2D eigenvalue weighted by Gasteiger charge is -2.46. The maximum absolute atomic E-state index is 13.3. The Morgan fingerprint density at radius 1 is 0.530 bits per heavy atom. The first kappa shape index (κ1) is 49.9. The summed E-state index contributed by atoms with van der Waals surface area (Å²) < 4.78 is 73.6. The van der Waals surface area contributed by atoms with Gasteiger partial charge in [0.15, 0.2) is 42.2 Å². The molecule has 2 aromatic carbocycles. The molecule has 3 aromatic rings. The number of carbonyl (C=O) groups excluding carboxylic acids is 8. The molecule has 2 aliphatic heterocycles. The van der Waals surface area contributed by atoms with Gasteiger partial charge in [0.2, 0.25) is 12.4 Å². The lowest BCUT2D eigenvalue weighted by molar-refractivity contribution is -0.327. The third-order valence-electron chi connectivity index (χ3n) is 9.31. The molecule has 23 heteroatoms. The molecule has 3 heterocycles. The van der Waals surface area contributed by atoms with E-state index in [1.54, 1.807) is 0 Å². The molecule has 1 aromatic heterocycles. The first-order valence-corrected chi connectivity index (χ1v) is 20.0. The van der Waals surface area contributed by atoms with Crippen LogP contribution >= 0.6 is 0 Å². The van der Waals surface area contributed by atoms with E-state index in [4.69, 9.17) is 61.3 Å². The summed E-state index contributed by atoms with van der Waals surface area (Å²) in [5.41, 5.74) is -0.486. The SMILES string of the molecule is CC(=O)OC[C@H]1O[C@@H](OC[C@H]2O[C@@H](Oc3cc(O)c4c(=O)cc(-c5ccc(OC(C)=O)cc5)oc4c3)[C@H](OC(C)=O)[C@@H](OC(C)=O)[C@@H]2OC(C)=O)[C@H](OC(C)=O)[C@@H](OC(C)=O)[C@@H]1OC(C)=O. The lowest BCUT2D eigenvalue weighted by Crippen LogP contribution is -2.65. The number of aromatic hydroxyl groups is 1. The summed E-state index contributed by atoms with van der Waals surface area (Å²) in [5, 5.41) is 10.8. The van der Waals surface area contributed by atoms with Crippen molar-refractivity contribution in [1.29, 1.82) is 0 Å². The van der Waals surface area contributed by atoms with Crippen LogP contribution < -0.4 is 14.9 Å².